The van der Waals surface area contributed by atoms with Gasteiger partial charge >= 0.3 is 0 Å². The Morgan fingerprint density at radius 3 is 2.37 bits per heavy atom. The molecule has 4 aromatic carbocycles. The number of rotatable bonds is 12. The van der Waals surface area contributed by atoms with Gasteiger partial charge in [0, 0.05) is 23.7 Å². The van der Waals surface area contributed by atoms with Gasteiger partial charge in [-0.2, -0.15) is 0 Å². The molecular weight excluding hydrogens is 541 g/mol. The molecule has 4 N–H and O–H groups in total. The zero-order chi connectivity index (χ0) is 28.8. The van der Waals surface area contributed by atoms with Crippen LogP contribution in [0.4, 0.5) is 4.39 Å². The quantitative estimate of drug-likeness (QED) is 0.173. The first-order valence-electron chi connectivity index (χ1n) is 13.4. The zero-order valence-electron chi connectivity index (χ0n) is 22.4. The van der Waals surface area contributed by atoms with Crippen molar-refractivity contribution in [2.75, 3.05) is 13.2 Å². The number of nitrogens with zero attached hydrogens (tertiary/aromatic N) is 2. The molecule has 1 aromatic heterocycles. The van der Waals surface area contributed by atoms with E-state index >= 15 is 0 Å². The van der Waals surface area contributed by atoms with Gasteiger partial charge in [-0.15, -0.1) is 0 Å². The number of aromatic nitrogens is 2. The molecule has 9 heteroatoms. The highest BCUT2D eigenvalue weighted by atomic mass is 35.5. The topological polar surface area (TPSA) is 98.1 Å². The van der Waals surface area contributed by atoms with E-state index in [9.17, 15) is 9.18 Å². The highest BCUT2D eigenvalue weighted by Gasteiger charge is 2.15. The molecule has 5 aromatic rings. The number of amides is 1. The molecule has 0 radical (unpaired) electrons. The lowest BCUT2D eigenvalue weighted by atomic mass is 9.96. The monoisotopic (exact) mass is 571 g/mol. The molecule has 5 rings (SSSR count). The van der Waals surface area contributed by atoms with Gasteiger partial charge in [0.2, 0.25) is 11.5 Å². The van der Waals surface area contributed by atoms with Crippen molar-refractivity contribution in [3.05, 3.63) is 119 Å². The number of benzene rings is 4. The summed E-state index contributed by atoms with van der Waals surface area (Å²) >= 11 is 6.63. The van der Waals surface area contributed by atoms with Gasteiger partial charge in [0.15, 0.2) is 0 Å². The minimum absolute atomic E-state index is 0.0929. The fourth-order valence-electron chi connectivity index (χ4n) is 4.93. The van der Waals surface area contributed by atoms with E-state index in [0.717, 1.165) is 33.3 Å². The number of carbonyl (C=O) groups excluding carboxylic acids is 1. The fraction of sp³-hybridized carbons (Fsp3) is 0.188. The van der Waals surface area contributed by atoms with Crippen molar-refractivity contribution in [3.8, 4) is 16.9 Å². The molecule has 0 saturated heterocycles. The van der Waals surface area contributed by atoms with E-state index in [2.05, 4.69) is 17.4 Å². The summed E-state index contributed by atoms with van der Waals surface area (Å²) in [7, 11) is 0. The van der Waals surface area contributed by atoms with E-state index < -0.39 is 5.91 Å². The summed E-state index contributed by atoms with van der Waals surface area (Å²) in [5, 5.41) is 12.8. The maximum atomic E-state index is 13.2. The highest BCUT2D eigenvalue weighted by molar-refractivity contribution is 6.33. The second kappa shape index (κ2) is 12.8. The molecule has 0 saturated carbocycles. The number of hydrogen-bond acceptors (Lipinski definition) is 4. The Morgan fingerprint density at radius 2 is 1.63 bits per heavy atom. The first-order chi connectivity index (χ1) is 19.9. The van der Waals surface area contributed by atoms with Crippen LogP contribution in [0.2, 0.25) is 5.02 Å². The number of imidazole rings is 1. The molecule has 0 bridgehead atoms. The lowest BCUT2D eigenvalue weighted by Gasteiger charge is -2.15. The summed E-state index contributed by atoms with van der Waals surface area (Å²) in [5.74, 6) is -0.0947. The Morgan fingerprint density at radius 1 is 0.927 bits per heavy atom. The average Bonchev–Trinajstić information content (AvgIpc) is 3.23. The lowest BCUT2D eigenvalue weighted by Crippen LogP contribution is -2.28. The first kappa shape index (κ1) is 28.1. The van der Waals surface area contributed by atoms with Crippen LogP contribution < -0.4 is 21.4 Å². The summed E-state index contributed by atoms with van der Waals surface area (Å²) in [4.78, 5) is 11.2. The molecule has 0 aliphatic rings. The maximum absolute atomic E-state index is 13.2. The standard InChI is InChI=1S/C32H31ClFN5O2/c33-28-7-2-1-6-26(28)27-18-22(19-37-20-31(35)40)10-11-23(27)21-39-30-9-4-3-8-29(30)38(32(39)36)16-5-17-41-25-14-12-24(34)13-15-25/h1-4,6-15,18,36-37H,5,16-17,19-21H2,(H2,35,40). The van der Waals surface area contributed by atoms with Crippen molar-refractivity contribution in [3.63, 3.8) is 0 Å². The molecule has 1 amide bonds. The summed E-state index contributed by atoms with van der Waals surface area (Å²) in [5.41, 5.74) is 11.4. The predicted molar refractivity (Wildman–Crippen MR) is 159 cm³/mol. The number of halogens is 2. The van der Waals surface area contributed by atoms with Crippen molar-refractivity contribution in [1.29, 1.82) is 5.41 Å². The van der Waals surface area contributed by atoms with Gasteiger partial charge in [0.05, 0.1) is 30.7 Å². The van der Waals surface area contributed by atoms with Gasteiger partial charge in [-0.1, -0.05) is 54.1 Å². The van der Waals surface area contributed by atoms with Crippen LogP contribution in [-0.4, -0.2) is 28.2 Å². The Hall–Kier alpha value is -4.40. The number of para-hydroxylation sites is 2. The van der Waals surface area contributed by atoms with Crippen LogP contribution in [0.5, 0.6) is 5.75 Å². The fourth-order valence-corrected chi connectivity index (χ4v) is 5.16. The molecular formula is C32H31ClFN5O2. The normalized spacial score (nSPS) is 11.2. The Bertz CT molecular complexity index is 1730. The van der Waals surface area contributed by atoms with Gasteiger partial charge < -0.3 is 24.9 Å². The van der Waals surface area contributed by atoms with Crippen LogP contribution in [0.25, 0.3) is 22.2 Å². The van der Waals surface area contributed by atoms with Crippen LogP contribution in [0, 0.1) is 11.2 Å². The Kier molecular flexibility index (Phi) is 8.82. The molecule has 0 fully saturated rings. The maximum Gasteiger partial charge on any atom is 0.231 e. The summed E-state index contributed by atoms with van der Waals surface area (Å²) in [6, 6.07) is 27.8. The molecule has 0 aliphatic carbocycles. The molecule has 0 atom stereocenters. The van der Waals surface area contributed by atoms with Gasteiger partial charge in [0.25, 0.3) is 0 Å². The number of ether oxygens (including phenoxy) is 1. The number of nitrogens with one attached hydrogen (secondary N) is 2. The number of hydrogen-bond donors (Lipinski definition) is 3. The van der Waals surface area contributed by atoms with Crippen molar-refractivity contribution < 1.29 is 13.9 Å². The number of primary amides is 1. The van der Waals surface area contributed by atoms with Crippen molar-refractivity contribution in [2.24, 2.45) is 5.73 Å². The lowest BCUT2D eigenvalue weighted by molar-refractivity contribution is -0.117. The van der Waals surface area contributed by atoms with Crippen LogP contribution in [-0.2, 0) is 24.4 Å². The number of nitrogens with two attached hydrogens (primary N) is 1. The largest absolute Gasteiger partial charge is 0.494 e. The second-order valence-electron chi connectivity index (χ2n) is 9.75. The van der Waals surface area contributed by atoms with Gasteiger partial charge in [-0.05, 0) is 71.6 Å². The van der Waals surface area contributed by atoms with Gasteiger partial charge in [0.1, 0.15) is 11.6 Å². The van der Waals surface area contributed by atoms with Crippen LogP contribution in [0.3, 0.4) is 0 Å². The minimum atomic E-state index is -0.411. The van der Waals surface area contributed by atoms with E-state index in [1.807, 2.05) is 63.7 Å². The predicted octanol–water partition coefficient (Wildman–Crippen LogP) is 5.47. The number of carbonyl (C=O) groups is 1. The summed E-state index contributed by atoms with van der Waals surface area (Å²) < 4.78 is 22.9. The second-order valence-corrected chi connectivity index (χ2v) is 10.2. The third kappa shape index (κ3) is 6.67. The molecule has 210 valence electrons. The minimum Gasteiger partial charge on any atom is -0.494 e. The van der Waals surface area contributed by atoms with E-state index in [1.54, 1.807) is 12.1 Å². The summed E-state index contributed by atoms with van der Waals surface area (Å²) in [6.07, 6.45) is 0.680. The van der Waals surface area contributed by atoms with Crippen molar-refractivity contribution in [1.82, 2.24) is 14.5 Å². The molecule has 7 nitrogen and oxygen atoms in total. The molecule has 41 heavy (non-hydrogen) atoms. The van der Waals surface area contributed by atoms with Gasteiger partial charge in [-0.3, -0.25) is 10.2 Å². The SMILES string of the molecule is N=c1n(CCCOc2ccc(F)cc2)c2ccccc2n1Cc1ccc(CNCC(N)=O)cc1-c1ccccc1Cl. The molecule has 1 heterocycles. The van der Waals surface area contributed by atoms with Crippen molar-refractivity contribution in [2.45, 2.75) is 26.1 Å². The Balaban J connectivity index is 1.43. The number of fused-ring (bicyclic) bond motifs is 1. The van der Waals surface area contributed by atoms with E-state index in [0.29, 0.717) is 49.1 Å². The molecule has 0 aliphatic heterocycles. The van der Waals surface area contributed by atoms with E-state index in [4.69, 9.17) is 27.5 Å². The average molecular weight is 572 g/mol. The third-order valence-corrected chi connectivity index (χ3v) is 7.21. The molecule has 0 spiro atoms. The van der Waals surface area contributed by atoms with Crippen LogP contribution in [0.1, 0.15) is 17.5 Å². The number of aryl methyl sites for hydroxylation is 1. The zero-order valence-corrected chi connectivity index (χ0v) is 23.2. The van der Waals surface area contributed by atoms with Gasteiger partial charge in [-0.25, -0.2) is 4.39 Å². The summed E-state index contributed by atoms with van der Waals surface area (Å²) in [6.45, 7) is 2.08. The Labute approximate surface area is 242 Å². The molecule has 0 unspecified atom stereocenters. The smallest absolute Gasteiger partial charge is 0.231 e. The van der Waals surface area contributed by atoms with Crippen molar-refractivity contribution >= 4 is 28.5 Å². The van der Waals surface area contributed by atoms with Crippen LogP contribution >= 0.6 is 11.6 Å². The third-order valence-electron chi connectivity index (χ3n) is 6.88. The van der Waals surface area contributed by atoms with E-state index in [-0.39, 0.29) is 12.4 Å². The first-order valence-corrected chi connectivity index (χ1v) is 13.8. The van der Waals surface area contributed by atoms with Crippen LogP contribution in [0.15, 0.2) is 91.0 Å². The van der Waals surface area contributed by atoms with E-state index in [1.165, 1.54) is 12.1 Å². The highest BCUT2D eigenvalue weighted by Crippen LogP contribution is 2.32.